The summed E-state index contributed by atoms with van der Waals surface area (Å²) < 4.78 is 20.3. The molecule has 0 aliphatic carbocycles. The summed E-state index contributed by atoms with van der Waals surface area (Å²) in [6.45, 7) is 4.22. The lowest BCUT2D eigenvalue weighted by atomic mass is 10.2. The van der Waals surface area contributed by atoms with Crippen LogP contribution in [-0.4, -0.2) is 40.1 Å². The molecular formula is C16H20FN3O2. The van der Waals surface area contributed by atoms with Crippen LogP contribution in [0.4, 0.5) is 4.39 Å². The third-order valence-corrected chi connectivity index (χ3v) is 4.29. The molecule has 0 N–H and O–H groups in total. The minimum Gasteiger partial charge on any atom is -0.468 e. The van der Waals surface area contributed by atoms with E-state index < -0.39 is 0 Å². The van der Waals surface area contributed by atoms with Crippen LogP contribution >= 0.6 is 0 Å². The predicted octanol–water partition coefficient (Wildman–Crippen LogP) is 2.33. The Kier molecular flexibility index (Phi) is 4.11. The van der Waals surface area contributed by atoms with Crippen molar-refractivity contribution in [2.75, 3.05) is 13.7 Å². The molecule has 3 rings (SSSR count). The van der Waals surface area contributed by atoms with Crippen molar-refractivity contribution in [3.8, 4) is 0 Å². The average molecular weight is 305 g/mol. The zero-order chi connectivity index (χ0) is 15.7. The summed E-state index contributed by atoms with van der Waals surface area (Å²) in [6.07, 6.45) is 1.79. The van der Waals surface area contributed by atoms with Gasteiger partial charge in [-0.25, -0.2) is 9.37 Å². The van der Waals surface area contributed by atoms with Crippen LogP contribution in [0.1, 0.15) is 25.6 Å². The first-order chi connectivity index (χ1) is 10.6. The number of imidazole rings is 1. The van der Waals surface area contributed by atoms with Crippen LogP contribution in [0, 0.1) is 5.82 Å². The van der Waals surface area contributed by atoms with E-state index in [9.17, 15) is 9.18 Å². The molecule has 0 bridgehead atoms. The number of benzene rings is 1. The number of fused-ring (bicyclic) bond motifs is 1. The number of ether oxygens (including phenoxy) is 1. The second kappa shape index (κ2) is 6.04. The molecule has 1 aliphatic rings. The van der Waals surface area contributed by atoms with Crippen LogP contribution in [-0.2, 0) is 22.6 Å². The second-order valence-electron chi connectivity index (χ2n) is 5.56. The van der Waals surface area contributed by atoms with E-state index in [0.717, 1.165) is 37.3 Å². The van der Waals surface area contributed by atoms with E-state index in [4.69, 9.17) is 4.74 Å². The molecular weight excluding hydrogens is 285 g/mol. The van der Waals surface area contributed by atoms with Gasteiger partial charge >= 0.3 is 5.97 Å². The molecule has 22 heavy (non-hydrogen) atoms. The zero-order valence-electron chi connectivity index (χ0n) is 12.9. The van der Waals surface area contributed by atoms with E-state index in [1.165, 1.54) is 19.2 Å². The Hall–Kier alpha value is -1.95. The van der Waals surface area contributed by atoms with E-state index in [1.807, 2.05) is 6.92 Å². The molecule has 1 saturated heterocycles. The van der Waals surface area contributed by atoms with Crippen LogP contribution in [0.15, 0.2) is 18.2 Å². The number of aryl methyl sites for hydroxylation is 1. The highest BCUT2D eigenvalue weighted by Gasteiger charge is 2.32. The molecule has 2 heterocycles. The SMILES string of the molecule is CCn1c(CN2CCC[C@@H]2C(=O)OC)nc2cc(F)ccc21. The summed E-state index contributed by atoms with van der Waals surface area (Å²) in [5.41, 5.74) is 1.58. The van der Waals surface area contributed by atoms with Gasteiger partial charge in [0, 0.05) is 12.6 Å². The summed E-state index contributed by atoms with van der Waals surface area (Å²) in [6, 6.07) is 4.46. The number of hydrogen-bond acceptors (Lipinski definition) is 4. The van der Waals surface area contributed by atoms with Gasteiger partial charge in [-0.3, -0.25) is 9.69 Å². The van der Waals surface area contributed by atoms with Gasteiger partial charge in [0.25, 0.3) is 0 Å². The Morgan fingerprint density at radius 1 is 1.50 bits per heavy atom. The summed E-state index contributed by atoms with van der Waals surface area (Å²) in [5.74, 6) is 0.384. The Morgan fingerprint density at radius 3 is 3.05 bits per heavy atom. The third kappa shape index (κ3) is 2.59. The van der Waals surface area contributed by atoms with Crippen molar-refractivity contribution in [1.82, 2.24) is 14.5 Å². The summed E-state index contributed by atoms with van der Waals surface area (Å²) >= 11 is 0. The molecule has 5 nitrogen and oxygen atoms in total. The molecule has 1 atom stereocenters. The first kappa shape index (κ1) is 15.0. The first-order valence-electron chi connectivity index (χ1n) is 7.60. The fourth-order valence-corrected chi connectivity index (χ4v) is 3.23. The maximum atomic E-state index is 13.4. The van der Waals surface area contributed by atoms with E-state index in [0.29, 0.717) is 12.1 Å². The fourth-order valence-electron chi connectivity index (χ4n) is 3.23. The largest absolute Gasteiger partial charge is 0.468 e. The number of hydrogen-bond donors (Lipinski definition) is 0. The van der Waals surface area contributed by atoms with Crippen LogP contribution in [0.25, 0.3) is 11.0 Å². The smallest absolute Gasteiger partial charge is 0.323 e. The molecule has 0 amide bonds. The van der Waals surface area contributed by atoms with Crippen molar-refractivity contribution in [3.05, 3.63) is 29.8 Å². The number of methoxy groups -OCH3 is 1. The van der Waals surface area contributed by atoms with Gasteiger partial charge in [0.05, 0.1) is 24.7 Å². The molecule has 118 valence electrons. The van der Waals surface area contributed by atoms with Crippen molar-refractivity contribution in [3.63, 3.8) is 0 Å². The van der Waals surface area contributed by atoms with Crippen LogP contribution in [0.3, 0.4) is 0 Å². The molecule has 0 radical (unpaired) electrons. The molecule has 6 heteroatoms. The lowest BCUT2D eigenvalue weighted by Crippen LogP contribution is -2.37. The maximum absolute atomic E-state index is 13.4. The zero-order valence-corrected chi connectivity index (χ0v) is 12.9. The topological polar surface area (TPSA) is 47.4 Å². The maximum Gasteiger partial charge on any atom is 0.323 e. The van der Waals surface area contributed by atoms with Crippen molar-refractivity contribution < 1.29 is 13.9 Å². The number of rotatable bonds is 4. The summed E-state index contributed by atoms with van der Waals surface area (Å²) in [5, 5.41) is 0. The fraction of sp³-hybridized carbons (Fsp3) is 0.500. The minimum atomic E-state index is -0.284. The number of carbonyl (C=O) groups excluding carboxylic acids is 1. The summed E-state index contributed by atoms with van der Waals surface area (Å²) in [4.78, 5) is 18.5. The number of esters is 1. The third-order valence-electron chi connectivity index (χ3n) is 4.29. The normalized spacial score (nSPS) is 19.0. The van der Waals surface area contributed by atoms with Crippen molar-refractivity contribution in [2.45, 2.75) is 38.9 Å². The molecule has 1 fully saturated rings. The molecule has 1 aliphatic heterocycles. The Balaban J connectivity index is 1.91. The minimum absolute atomic E-state index is 0.192. The van der Waals surface area contributed by atoms with Crippen LogP contribution in [0.5, 0.6) is 0 Å². The predicted molar refractivity (Wildman–Crippen MR) is 80.8 cm³/mol. The highest BCUT2D eigenvalue weighted by atomic mass is 19.1. The molecule has 2 aromatic rings. The molecule has 1 aromatic heterocycles. The quantitative estimate of drug-likeness (QED) is 0.814. The van der Waals surface area contributed by atoms with Gasteiger partial charge < -0.3 is 9.30 Å². The molecule has 0 spiro atoms. The Bertz CT molecular complexity index is 698. The molecule has 0 saturated carbocycles. The first-order valence-corrected chi connectivity index (χ1v) is 7.60. The number of carbonyl (C=O) groups is 1. The second-order valence-corrected chi connectivity index (χ2v) is 5.56. The number of likely N-dealkylation sites (tertiary alicyclic amines) is 1. The number of nitrogens with zero attached hydrogens (tertiary/aromatic N) is 3. The average Bonchev–Trinajstić information content (AvgIpc) is 3.10. The van der Waals surface area contributed by atoms with E-state index in [1.54, 1.807) is 6.07 Å². The summed E-state index contributed by atoms with van der Waals surface area (Å²) in [7, 11) is 1.42. The number of halogens is 1. The van der Waals surface area contributed by atoms with E-state index >= 15 is 0 Å². The Labute approximate surface area is 128 Å². The Morgan fingerprint density at radius 2 is 2.32 bits per heavy atom. The van der Waals surface area contributed by atoms with Gasteiger partial charge in [-0.1, -0.05) is 0 Å². The van der Waals surface area contributed by atoms with Gasteiger partial charge in [-0.2, -0.15) is 0 Å². The van der Waals surface area contributed by atoms with E-state index in [2.05, 4.69) is 14.5 Å². The van der Waals surface area contributed by atoms with Crippen molar-refractivity contribution in [1.29, 1.82) is 0 Å². The van der Waals surface area contributed by atoms with Gasteiger partial charge in [-0.05, 0) is 38.4 Å². The highest BCUT2D eigenvalue weighted by Crippen LogP contribution is 2.23. The molecule has 1 aromatic carbocycles. The lowest BCUT2D eigenvalue weighted by molar-refractivity contribution is -0.146. The highest BCUT2D eigenvalue weighted by molar-refractivity contribution is 5.77. The van der Waals surface area contributed by atoms with E-state index in [-0.39, 0.29) is 17.8 Å². The van der Waals surface area contributed by atoms with Gasteiger partial charge in [-0.15, -0.1) is 0 Å². The van der Waals surface area contributed by atoms with Crippen molar-refractivity contribution >= 4 is 17.0 Å². The number of aromatic nitrogens is 2. The monoisotopic (exact) mass is 305 g/mol. The van der Waals surface area contributed by atoms with Gasteiger partial charge in [0.1, 0.15) is 17.7 Å². The lowest BCUT2D eigenvalue weighted by Gasteiger charge is -2.22. The van der Waals surface area contributed by atoms with Crippen LogP contribution in [0.2, 0.25) is 0 Å². The van der Waals surface area contributed by atoms with Gasteiger partial charge in [0.2, 0.25) is 0 Å². The van der Waals surface area contributed by atoms with Crippen LogP contribution < -0.4 is 0 Å². The standard InChI is InChI=1S/C16H20FN3O2/c1-3-20-13-7-6-11(17)9-12(13)18-15(20)10-19-8-4-5-14(19)16(21)22-2/h6-7,9,14H,3-5,8,10H2,1-2H3/t14-/m1/s1. The molecule has 0 unspecified atom stereocenters. The van der Waals surface area contributed by atoms with Gasteiger partial charge in [0.15, 0.2) is 0 Å². The van der Waals surface area contributed by atoms with Crippen molar-refractivity contribution in [2.24, 2.45) is 0 Å².